The summed E-state index contributed by atoms with van der Waals surface area (Å²) in [5.74, 6) is -0.119. The maximum absolute atomic E-state index is 12.4. The lowest BCUT2D eigenvalue weighted by Gasteiger charge is -2.18. The van der Waals surface area contributed by atoms with E-state index in [0.29, 0.717) is 5.02 Å². The molecule has 0 radical (unpaired) electrons. The second-order valence-electron chi connectivity index (χ2n) is 4.66. The van der Waals surface area contributed by atoms with E-state index in [9.17, 15) is 4.79 Å². The highest BCUT2D eigenvalue weighted by Crippen LogP contribution is 2.32. The van der Waals surface area contributed by atoms with Crippen molar-refractivity contribution in [1.82, 2.24) is 0 Å². The zero-order chi connectivity index (χ0) is 15.4. The molecule has 110 valence electrons. The van der Waals surface area contributed by atoms with Gasteiger partial charge in [0.25, 0.3) is 0 Å². The first-order valence-corrected chi connectivity index (χ1v) is 8.60. The Labute approximate surface area is 146 Å². The molecular weight excluding hydrogens is 417 g/mol. The molecule has 2 rings (SSSR count). The van der Waals surface area contributed by atoms with Gasteiger partial charge in [0.15, 0.2) is 0 Å². The number of amides is 1. The van der Waals surface area contributed by atoms with Crippen molar-refractivity contribution in [3.05, 3.63) is 64.7 Å². The number of benzene rings is 2. The third-order valence-electron chi connectivity index (χ3n) is 3.08. The van der Waals surface area contributed by atoms with Crippen LogP contribution in [0.25, 0.3) is 0 Å². The van der Waals surface area contributed by atoms with Gasteiger partial charge in [-0.25, -0.2) is 0 Å². The van der Waals surface area contributed by atoms with E-state index in [1.165, 1.54) is 0 Å². The molecule has 5 heteroatoms. The fraction of sp³-hybridized carbons (Fsp3) is 0.188. The first kappa shape index (κ1) is 16.5. The number of nitrogens with one attached hydrogen (secondary N) is 1. The van der Waals surface area contributed by atoms with E-state index < -0.39 is 4.83 Å². The number of halogens is 3. The summed E-state index contributed by atoms with van der Waals surface area (Å²) in [7, 11) is 0. The summed E-state index contributed by atoms with van der Waals surface area (Å²) in [6, 6.07) is 15.2. The number of aryl methyl sites for hydroxylation is 1. The van der Waals surface area contributed by atoms with E-state index in [-0.39, 0.29) is 10.7 Å². The van der Waals surface area contributed by atoms with Crippen LogP contribution < -0.4 is 5.32 Å². The molecule has 0 bridgehead atoms. The largest absolute Gasteiger partial charge is 0.325 e. The monoisotopic (exact) mass is 429 g/mol. The van der Waals surface area contributed by atoms with Crippen LogP contribution in [0.1, 0.15) is 16.0 Å². The van der Waals surface area contributed by atoms with Gasteiger partial charge >= 0.3 is 0 Å². The van der Waals surface area contributed by atoms with Crippen LogP contribution >= 0.6 is 43.5 Å². The molecule has 2 atom stereocenters. The summed E-state index contributed by atoms with van der Waals surface area (Å²) in [5, 5.41) is 3.50. The molecule has 0 aliphatic heterocycles. The van der Waals surface area contributed by atoms with Gasteiger partial charge < -0.3 is 5.32 Å². The van der Waals surface area contributed by atoms with Gasteiger partial charge in [-0.2, -0.15) is 0 Å². The van der Waals surface area contributed by atoms with E-state index in [2.05, 4.69) is 37.2 Å². The second kappa shape index (κ2) is 7.43. The SMILES string of the molecule is Cc1ccc(Cl)cc1NC(=O)[C@H](Br)[C@@H](Br)c1ccccc1. The Morgan fingerprint density at radius 1 is 1.14 bits per heavy atom. The molecule has 0 unspecified atom stereocenters. The van der Waals surface area contributed by atoms with Crippen LogP contribution in [0, 0.1) is 6.92 Å². The Kier molecular flexibility index (Phi) is 5.85. The van der Waals surface area contributed by atoms with E-state index in [1.807, 2.05) is 43.3 Å². The van der Waals surface area contributed by atoms with Crippen molar-refractivity contribution >= 4 is 55.1 Å². The lowest BCUT2D eigenvalue weighted by Crippen LogP contribution is -2.26. The van der Waals surface area contributed by atoms with Crippen molar-refractivity contribution in [2.75, 3.05) is 5.32 Å². The molecule has 0 fully saturated rings. The highest BCUT2D eigenvalue weighted by atomic mass is 79.9. The first-order chi connectivity index (χ1) is 9.99. The normalized spacial score (nSPS) is 13.5. The third-order valence-corrected chi connectivity index (χ3v) is 6.03. The Hall–Kier alpha value is -0.840. The summed E-state index contributed by atoms with van der Waals surface area (Å²) in [5.41, 5.74) is 2.74. The molecule has 0 heterocycles. The zero-order valence-corrected chi connectivity index (χ0v) is 15.2. The van der Waals surface area contributed by atoms with Crippen LogP contribution in [0.15, 0.2) is 48.5 Å². The minimum absolute atomic E-state index is 0.113. The van der Waals surface area contributed by atoms with Crippen molar-refractivity contribution < 1.29 is 4.79 Å². The van der Waals surface area contributed by atoms with Crippen molar-refractivity contribution in [3.63, 3.8) is 0 Å². The standard InChI is InChI=1S/C16H14Br2ClNO/c1-10-7-8-12(19)9-13(10)20-16(21)15(18)14(17)11-5-3-2-4-6-11/h2-9,14-15H,1H3,(H,20,21)/t14-,15+/m0/s1. The Balaban J connectivity index is 2.11. The van der Waals surface area contributed by atoms with Crippen LogP contribution in [0.2, 0.25) is 5.02 Å². The van der Waals surface area contributed by atoms with Crippen LogP contribution in [-0.2, 0) is 4.79 Å². The van der Waals surface area contributed by atoms with Gasteiger partial charge in [-0.15, -0.1) is 0 Å². The highest BCUT2D eigenvalue weighted by Gasteiger charge is 2.25. The molecular formula is C16H14Br2ClNO. The molecule has 2 aromatic carbocycles. The van der Waals surface area contributed by atoms with Crippen LogP contribution in [0.5, 0.6) is 0 Å². The molecule has 0 aliphatic rings. The average Bonchev–Trinajstić information content (AvgIpc) is 2.50. The molecule has 0 saturated heterocycles. The summed E-state index contributed by atoms with van der Waals surface area (Å²) >= 11 is 13.0. The molecule has 0 aromatic heterocycles. The summed E-state index contributed by atoms with van der Waals surface area (Å²) in [6.45, 7) is 1.93. The summed E-state index contributed by atoms with van der Waals surface area (Å²) in [6.07, 6.45) is 0. The number of alkyl halides is 2. The van der Waals surface area contributed by atoms with Crippen LogP contribution in [0.3, 0.4) is 0 Å². The van der Waals surface area contributed by atoms with E-state index in [0.717, 1.165) is 16.8 Å². The molecule has 0 spiro atoms. The number of anilines is 1. The van der Waals surface area contributed by atoms with Crippen LogP contribution in [-0.4, -0.2) is 10.7 Å². The molecule has 0 saturated carbocycles. The Bertz CT molecular complexity index is 633. The maximum Gasteiger partial charge on any atom is 0.239 e. The number of rotatable bonds is 4. The predicted octanol–water partition coefficient (Wildman–Crippen LogP) is 5.49. The number of hydrogen-bond donors (Lipinski definition) is 1. The minimum atomic E-state index is -0.390. The topological polar surface area (TPSA) is 29.1 Å². The van der Waals surface area contributed by atoms with E-state index in [1.54, 1.807) is 12.1 Å². The number of carbonyl (C=O) groups is 1. The van der Waals surface area contributed by atoms with Crippen molar-refractivity contribution in [2.24, 2.45) is 0 Å². The Morgan fingerprint density at radius 2 is 1.81 bits per heavy atom. The van der Waals surface area contributed by atoms with Gasteiger partial charge in [0, 0.05) is 10.7 Å². The van der Waals surface area contributed by atoms with E-state index >= 15 is 0 Å². The van der Waals surface area contributed by atoms with Gasteiger partial charge in [-0.05, 0) is 30.2 Å². The van der Waals surface area contributed by atoms with Gasteiger partial charge in [0.2, 0.25) is 5.91 Å². The molecule has 0 aliphatic carbocycles. The molecule has 1 amide bonds. The predicted molar refractivity (Wildman–Crippen MR) is 95.6 cm³/mol. The van der Waals surface area contributed by atoms with Gasteiger partial charge in [0.05, 0.1) is 4.83 Å². The van der Waals surface area contributed by atoms with Crippen LogP contribution in [0.4, 0.5) is 5.69 Å². The van der Waals surface area contributed by atoms with Crippen molar-refractivity contribution in [2.45, 2.75) is 16.6 Å². The lowest BCUT2D eigenvalue weighted by molar-refractivity contribution is -0.115. The van der Waals surface area contributed by atoms with Crippen molar-refractivity contribution in [3.8, 4) is 0 Å². The fourth-order valence-electron chi connectivity index (χ4n) is 1.87. The quantitative estimate of drug-likeness (QED) is 0.638. The summed E-state index contributed by atoms with van der Waals surface area (Å²) in [4.78, 5) is 11.9. The summed E-state index contributed by atoms with van der Waals surface area (Å²) < 4.78 is 0. The zero-order valence-electron chi connectivity index (χ0n) is 11.3. The van der Waals surface area contributed by atoms with Crippen molar-refractivity contribution in [1.29, 1.82) is 0 Å². The van der Waals surface area contributed by atoms with Gasteiger partial charge in [0.1, 0.15) is 4.83 Å². The molecule has 1 N–H and O–H groups in total. The second-order valence-corrected chi connectivity index (χ2v) is 7.07. The highest BCUT2D eigenvalue weighted by molar-refractivity contribution is 9.12. The lowest BCUT2D eigenvalue weighted by atomic mass is 10.1. The van der Waals surface area contributed by atoms with E-state index in [4.69, 9.17) is 11.6 Å². The van der Waals surface area contributed by atoms with Gasteiger partial charge in [-0.1, -0.05) is 79.9 Å². The molecule has 21 heavy (non-hydrogen) atoms. The smallest absolute Gasteiger partial charge is 0.239 e. The third kappa shape index (κ3) is 4.31. The number of carbonyl (C=O) groups excluding carboxylic acids is 1. The number of hydrogen-bond acceptors (Lipinski definition) is 1. The average molecular weight is 432 g/mol. The fourth-order valence-corrected chi connectivity index (χ4v) is 3.01. The first-order valence-electron chi connectivity index (χ1n) is 6.39. The molecule has 2 aromatic rings. The molecule has 2 nitrogen and oxygen atoms in total. The Morgan fingerprint density at radius 3 is 2.48 bits per heavy atom. The minimum Gasteiger partial charge on any atom is -0.325 e. The maximum atomic E-state index is 12.4. The van der Waals surface area contributed by atoms with Gasteiger partial charge in [-0.3, -0.25) is 4.79 Å².